The number of hydrogen-bond donors (Lipinski definition) is 0. The molecule has 0 spiro atoms. The van der Waals surface area contributed by atoms with Gasteiger partial charge in [0, 0.05) is 13.3 Å². The second kappa shape index (κ2) is 6.14. The van der Waals surface area contributed by atoms with Gasteiger partial charge in [-0.25, -0.2) is 8.78 Å². The highest BCUT2D eigenvalue weighted by atomic mass is 19.3. The zero-order chi connectivity index (χ0) is 13.7. The molecule has 0 aliphatic rings. The lowest BCUT2D eigenvalue weighted by Crippen LogP contribution is -2.09. The lowest BCUT2D eigenvalue weighted by Gasteiger charge is -2.09. The van der Waals surface area contributed by atoms with Crippen molar-refractivity contribution in [1.29, 1.82) is 0 Å². The van der Waals surface area contributed by atoms with Gasteiger partial charge < -0.3 is 0 Å². The minimum absolute atomic E-state index is 0.109. The van der Waals surface area contributed by atoms with Crippen LogP contribution in [0.25, 0.3) is 10.8 Å². The van der Waals surface area contributed by atoms with E-state index in [4.69, 9.17) is 0 Å². The first kappa shape index (κ1) is 14.0. The van der Waals surface area contributed by atoms with Gasteiger partial charge in [-0.3, -0.25) is 0 Å². The largest absolute Gasteiger partial charge is 0.248 e. The summed E-state index contributed by atoms with van der Waals surface area (Å²) >= 11 is 0. The number of benzene rings is 2. The van der Waals surface area contributed by atoms with Crippen molar-refractivity contribution in [3.8, 4) is 0 Å². The van der Waals surface area contributed by atoms with Crippen molar-refractivity contribution in [1.82, 2.24) is 0 Å². The molecule has 0 unspecified atom stereocenters. The Morgan fingerprint density at radius 3 is 2.42 bits per heavy atom. The van der Waals surface area contributed by atoms with E-state index in [0.29, 0.717) is 6.42 Å². The Morgan fingerprint density at radius 2 is 1.63 bits per heavy atom. The molecule has 0 N–H and O–H groups in total. The molecule has 0 bridgehead atoms. The number of fused-ring (bicyclic) bond motifs is 1. The van der Waals surface area contributed by atoms with E-state index in [1.54, 1.807) is 0 Å². The molecule has 0 aromatic heterocycles. The number of hydrogen-bond acceptors (Lipinski definition) is 0. The zero-order valence-electron chi connectivity index (χ0n) is 11.0. The molecular formula is C17H19F2. The van der Waals surface area contributed by atoms with Gasteiger partial charge in [0.05, 0.1) is 0 Å². The van der Waals surface area contributed by atoms with Gasteiger partial charge >= 0.3 is 0 Å². The molecule has 0 fully saturated rings. The van der Waals surface area contributed by atoms with Crippen LogP contribution in [0.5, 0.6) is 0 Å². The number of aryl methyl sites for hydroxylation is 1. The van der Waals surface area contributed by atoms with Crippen molar-refractivity contribution in [3.63, 3.8) is 0 Å². The molecule has 0 atom stereocenters. The Morgan fingerprint density at radius 1 is 0.895 bits per heavy atom. The normalized spacial score (nSPS) is 11.9. The van der Waals surface area contributed by atoms with Crippen LogP contribution in [0.15, 0.2) is 42.5 Å². The molecule has 0 aliphatic carbocycles. The van der Waals surface area contributed by atoms with Crippen LogP contribution >= 0.6 is 0 Å². The third-order valence-corrected chi connectivity index (χ3v) is 3.37. The summed E-state index contributed by atoms with van der Waals surface area (Å²) in [7, 11) is 0. The second-order valence-electron chi connectivity index (χ2n) is 5.05. The molecule has 1 radical (unpaired) electrons. The van der Waals surface area contributed by atoms with E-state index in [0.717, 1.165) is 19.3 Å². The summed E-state index contributed by atoms with van der Waals surface area (Å²) in [4.78, 5) is 0. The maximum atomic E-state index is 12.6. The standard InChI is InChI=1S/C17H19F2/c1-17(18,19)13-6-2-3-8-14-10-7-11-15-9-4-5-12-16(14)15/h4-5,7,9-12H,1-3,6,8,13H2. The first-order chi connectivity index (χ1) is 9.06. The van der Waals surface area contributed by atoms with Gasteiger partial charge in [-0.2, -0.15) is 0 Å². The molecule has 2 heteroatoms. The Balaban J connectivity index is 1.88. The van der Waals surface area contributed by atoms with E-state index < -0.39 is 5.92 Å². The van der Waals surface area contributed by atoms with Crippen molar-refractivity contribution < 1.29 is 8.78 Å². The van der Waals surface area contributed by atoms with E-state index in [2.05, 4.69) is 37.3 Å². The summed E-state index contributed by atoms with van der Waals surface area (Å²) in [5.41, 5.74) is 1.31. The van der Waals surface area contributed by atoms with Crippen LogP contribution in [0.4, 0.5) is 8.78 Å². The first-order valence-electron chi connectivity index (χ1n) is 6.76. The number of rotatable bonds is 6. The lowest BCUT2D eigenvalue weighted by atomic mass is 9.99. The maximum Gasteiger partial charge on any atom is 0.248 e. The minimum atomic E-state index is -2.76. The molecule has 0 aliphatic heterocycles. The molecule has 0 nitrogen and oxygen atoms in total. The van der Waals surface area contributed by atoms with Crippen LogP contribution in [0.3, 0.4) is 0 Å². The Hall–Kier alpha value is -1.44. The van der Waals surface area contributed by atoms with Crippen molar-refractivity contribution in [2.24, 2.45) is 0 Å². The van der Waals surface area contributed by atoms with E-state index in [1.807, 2.05) is 12.1 Å². The molecule has 2 aromatic carbocycles. The smallest absolute Gasteiger partial charge is 0.207 e. The molecule has 0 amide bonds. The second-order valence-corrected chi connectivity index (χ2v) is 5.05. The van der Waals surface area contributed by atoms with Gasteiger partial charge in [-0.05, 0) is 35.6 Å². The van der Waals surface area contributed by atoms with Crippen molar-refractivity contribution in [2.45, 2.75) is 38.0 Å². The van der Waals surface area contributed by atoms with Gasteiger partial charge in [0.15, 0.2) is 0 Å². The SMILES string of the molecule is [CH2]C(F)(F)CCCCCc1cccc2ccccc12. The molecule has 0 heterocycles. The summed E-state index contributed by atoms with van der Waals surface area (Å²) in [6.45, 7) is 2.83. The minimum Gasteiger partial charge on any atom is -0.207 e. The van der Waals surface area contributed by atoms with Crippen LogP contribution < -0.4 is 0 Å². The topological polar surface area (TPSA) is 0 Å². The monoisotopic (exact) mass is 261 g/mol. The highest BCUT2D eigenvalue weighted by Gasteiger charge is 2.19. The molecule has 0 saturated heterocycles. The molecule has 2 aromatic rings. The average molecular weight is 261 g/mol. The maximum absolute atomic E-state index is 12.6. The van der Waals surface area contributed by atoms with Gasteiger partial charge in [0.1, 0.15) is 0 Å². The van der Waals surface area contributed by atoms with Crippen molar-refractivity contribution in [3.05, 3.63) is 55.0 Å². The fourth-order valence-electron chi connectivity index (χ4n) is 2.39. The predicted molar refractivity (Wildman–Crippen MR) is 76.4 cm³/mol. The number of unbranched alkanes of at least 4 members (excludes halogenated alkanes) is 2. The Kier molecular flexibility index (Phi) is 4.52. The highest BCUT2D eigenvalue weighted by molar-refractivity contribution is 5.85. The van der Waals surface area contributed by atoms with Crippen molar-refractivity contribution in [2.75, 3.05) is 0 Å². The number of alkyl halides is 2. The summed E-state index contributed by atoms with van der Waals surface area (Å²) in [5, 5.41) is 2.51. The quantitative estimate of drug-likeness (QED) is 0.610. The first-order valence-corrected chi connectivity index (χ1v) is 6.76. The van der Waals surface area contributed by atoms with Crippen LogP contribution in [-0.4, -0.2) is 5.92 Å². The fourth-order valence-corrected chi connectivity index (χ4v) is 2.39. The van der Waals surface area contributed by atoms with Gasteiger partial charge in [-0.15, -0.1) is 0 Å². The van der Waals surface area contributed by atoms with E-state index in [-0.39, 0.29) is 6.42 Å². The van der Waals surface area contributed by atoms with Gasteiger partial charge in [0.25, 0.3) is 0 Å². The molecular weight excluding hydrogens is 242 g/mol. The van der Waals surface area contributed by atoms with Crippen molar-refractivity contribution >= 4 is 10.8 Å². The van der Waals surface area contributed by atoms with Crippen LogP contribution in [-0.2, 0) is 6.42 Å². The fraction of sp³-hybridized carbons (Fsp3) is 0.353. The summed E-state index contributed by atoms with van der Waals surface area (Å²) in [6.07, 6.45) is 3.16. The summed E-state index contributed by atoms with van der Waals surface area (Å²) < 4.78 is 25.1. The average Bonchev–Trinajstić information content (AvgIpc) is 2.37. The number of halogens is 2. The van der Waals surface area contributed by atoms with Crippen LogP contribution in [0.2, 0.25) is 0 Å². The Labute approximate surface area is 113 Å². The van der Waals surface area contributed by atoms with E-state index in [1.165, 1.54) is 16.3 Å². The third-order valence-electron chi connectivity index (χ3n) is 3.37. The van der Waals surface area contributed by atoms with Crippen LogP contribution in [0.1, 0.15) is 31.2 Å². The molecule has 0 saturated carbocycles. The van der Waals surface area contributed by atoms with E-state index in [9.17, 15) is 8.78 Å². The molecule has 19 heavy (non-hydrogen) atoms. The van der Waals surface area contributed by atoms with Gasteiger partial charge in [0.2, 0.25) is 5.92 Å². The highest BCUT2D eigenvalue weighted by Crippen LogP contribution is 2.22. The summed E-state index contributed by atoms with van der Waals surface area (Å²) in [6, 6.07) is 14.6. The van der Waals surface area contributed by atoms with Crippen LogP contribution in [0, 0.1) is 6.92 Å². The zero-order valence-corrected chi connectivity index (χ0v) is 11.0. The lowest BCUT2D eigenvalue weighted by molar-refractivity contribution is 0.0395. The Bertz CT molecular complexity index is 521. The summed E-state index contributed by atoms with van der Waals surface area (Å²) in [5.74, 6) is -2.76. The van der Waals surface area contributed by atoms with Gasteiger partial charge in [-0.1, -0.05) is 48.9 Å². The predicted octanol–water partition coefficient (Wildman–Crippen LogP) is 5.41. The third kappa shape index (κ3) is 4.30. The molecule has 2 rings (SSSR count). The van der Waals surface area contributed by atoms with E-state index >= 15 is 0 Å². The molecule has 101 valence electrons.